The van der Waals surface area contributed by atoms with Crippen molar-refractivity contribution in [1.82, 2.24) is 15.3 Å². The van der Waals surface area contributed by atoms with Crippen molar-refractivity contribution in [1.29, 1.82) is 0 Å². The summed E-state index contributed by atoms with van der Waals surface area (Å²) >= 11 is 5.71. The molecule has 4 rings (SSSR count). The summed E-state index contributed by atoms with van der Waals surface area (Å²) < 4.78 is 5.58. The van der Waals surface area contributed by atoms with Gasteiger partial charge < -0.3 is 19.9 Å². The zero-order valence-electron chi connectivity index (χ0n) is 14.6. The minimum Gasteiger partial charge on any atom is -0.495 e. The van der Waals surface area contributed by atoms with Crippen molar-refractivity contribution in [3.05, 3.63) is 77.9 Å². The van der Waals surface area contributed by atoms with Gasteiger partial charge in [-0.15, -0.1) is 0 Å². The number of ether oxygens (including phenoxy) is 1. The number of hydrogen-bond donors (Lipinski definition) is 2. The Morgan fingerprint density at radius 1 is 1.08 bits per heavy atom. The van der Waals surface area contributed by atoms with E-state index in [-0.39, 0.29) is 12.1 Å². The predicted molar refractivity (Wildman–Crippen MR) is 106 cm³/mol. The molecule has 0 radical (unpaired) electrons. The number of para-hydroxylation sites is 2. The van der Waals surface area contributed by atoms with Crippen LogP contribution in [0.1, 0.15) is 29.2 Å². The summed E-state index contributed by atoms with van der Waals surface area (Å²) in [6.07, 6.45) is 1.81. The number of pyridine rings is 1. The first-order valence-electron chi connectivity index (χ1n) is 8.48. The van der Waals surface area contributed by atoms with Crippen LogP contribution in [0.3, 0.4) is 0 Å². The van der Waals surface area contributed by atoms with Crippen LogP contribution in [0.25, 0.3) is 0 Å². The fourth-order valence-corrected chi connectivity index (χ4v) is 3.80. The summed E-state index contributed by atoms with van der Waals surface area (Å²) in [4.78, 5) is 10.1. The van der Waals surface area contributed by atoms with Crippen LogP contribution in [0.4, 0.5) is 5.69 Å². The van der Waals surface area contributed by atoms with E-state index in [0.29, 0.717) is 5.11 Å². The Kier molecular flexibility index (Phi) is 4.34. The largest absolute Gasteiger partial charge is 0.495 e. The second-order valence-corrected chi connectivity index (χ2v) is 6.65. The van der Waals surface area contributed by atoms with Crippen molar-refractivity contribution in [3.63, 3.8) is 0 Å². The number of anilines is 1. The molecule has 3 aromatic rings. The number of aryl methyl sites for hydroxylation is 1. The first-order valence-corrected chi connectivity index (χ1v) is 8.89. The molecule has 0 bridgehead atoms. The monoisotopic (exact) mass is 364 g/mol. The second-order valence-electron chi connectivity index (χ2n) is 6.27. The van der Waals surface area contributed by atoms with E-state index in [1.165, 1.54) is 0 Å². The van der Waals surface area contributed by atoms with Gasteiger partial charge in [0.2, 0.25) is 0 Å². The highest BCUT2D eigenvalue weighted by molar-refractivity contribution is 7.80. The Labute approximate surface area is 158 Å². The standard InChI is InChI=1S/C20H20N4OS/c1-13-10-11-15(22-13)19-18(14-7-5-6-12-21-14)23-20(26)24(19)16-8-3-4-9-17(16)25-2/h3-12,18-19,22H,1-2H3,(H,23,26)/t18-,19+/m0/s1. The summed E-state index contributed by atoms with van der Waals surface area (Å²) in [5.74, 6) is 0.784. The van der Waals surface area contributed by atoms with E-state index in [0.717, 1.165) is 28.5 Å². The molecule has 1 aromatic carbocycles. The van der Waals surface area contributed by atoms with E-state index in [1.807, 2.05) is 55.6 Å². The Hall–Kier alpha value is -2.86. The van der Waals surface area contributed by atoms with Crippen LogP contribution >= 0.6 is 12.2 Å². The molecular weight excluding hydrogens is 344 g/mol. The molecule has 6 heteroatoms. The number of aromatic amines is 1. The summed E-state index contributed by atoms with van der Waals surface area (Å²) in [6.45, 7) is 2.05. The molecule has 132 valence electrons. The lowest BCUT2D eigenvalue weighted by atomic mass is 10.0. The van der Waals surface area contributed by atoms with Gasteiger partial charge in [0.1, 0.15) is 11.8 Å². The van der Waals surface area contributed by atoms with Gasteiger partial charge in [0.25, 0.3) is 0 Å². The van der Waals surface area contributed by atoms with Crippen LogP contribution in [-0.4, -0.2) is 22.2 Å². The molecule has 2 aromatic heterocycles. The molecule has 1 fully saturated rings. The van der Waals surface area contributed by atoms with Crippen LogP contribution < -0.4 is 15.0 Å². The van der Waals surface area contributed by atoms with E-state index >= 15 is 0 Å². The van der Waals surface area contributed by atoms with Gasteiger partial charge in [0.15, 0.2) is 5.11 Å². The fraction of sp³-hybridized carbons (Fsp3) is 0.200. The Bertz CT molecular complexity index is 924. The number of rotatable bonds is 4. The number of nitrogens with one attached hydrogen (secondary N) is 2. The first kappa shape index (κ1) is 16.6. The Balaban J connectivity index is 1.85. The highest BCUT2D eigenvalue weighted by Crippen LogP contribution is 2.43. The smallest absolute Gasteiger partial charge is 0.174 e. The number of H-pyrrole nitrogens is 1. The van der Waals surface area contributed by atoms with Crippen LogP contribution in [0.15, 0.2) is 60.8 Å². The van der Waals surface area contributed by atoms with Gasteiger partial charge in [0, 0.05) is 17.6 Å². The highest BCUT2D eigenvalue weighted by Gasteiger charge is 2.42. The lowest BCUT2D eigenvalue weighted by Gasteiger charge is -2.28. The fourth-order valence-electron chi connectivity index (χ4n) is 3.46. The molecule has 0 unspecified atom stereocenters. The van der Waals surface area contributed by atoms with Crippen molar-refractivity contribution < 1.29 is 4.74 Å². The van der Waals surface area contributed by atoms with Crippen LogP contribution in [0.2, 0.25) is 0 Å². The van der Waals surface area contributed by atoms with Crippen molar-refractivity contribution in [2.75, 3.05) is 12.0 Å². The third-order valence-corrected chi connectivity index (χ3v) is 4.93. The maximum absolute atomic E-state index is 5.71. The van der Waals surface area contributed by atoms with Crippen LogP contribution in [0, 0.1) is 6.92 Å². The van der Waals surface area contributed by atoms with Gasteiger partial charge in [-0.25, -0.2) is 0 Å². The van der Waals surface area contributed by atoms with E-state index in [1.54, 1.807) is 7.11 Å². The van der Waals surface area contributed by atoms with Gasteiger partial charge in [-0.3, -0.25) is 4.98 Å². The highest BCUT2D eigenvalue weighted by atomic mass is 32.1. The van der Waals surface area contributed by atoms with Gasteiger partial charge in [0.05, 0.1) is 24.5 Å². The van der Waals surface area contributed by atoms with Gasteiger partial charge in [-0.1, -0.05) is 18.2 Å². The van der Waals surface area contributed by atoms with Crippen LogP contribution in [-0.2, 0) is 0 Å². The second kappa shape index (κ2) is 6.80. The van der Waals surface area contributed by atoms with E-state index in [4.69, 9.17) is 17.0 Å². The normalized spacial score (nSPS) is 19.5. The molecule has 2 atom stereocenters. The third-order valence-electron chi connectivity index (χ3n) is 4.62. The molecule has 26 heavy (non-hydrogen) atoms. The Morgan fingerprint density at radius 3 is 2.58 bits per heavy atom. The van der Waals surface area contributed by atoms with Gasteiger partial charge in [-0.05, 0) is 55.5 Å². The zero-order chi connectivity index (χ0) is 18.1. The average Bonchev–Trinajstić information content (AvgIpc) is 3.25. The lowest BCUT2D eigenvalue weighted by molar-refractivity contribution is 0.414. The molecule has 1 saturated heterocycles. The number of thiocarbonyl (C=S) groups is 1. The SMILES string of the molecule is COc1ccccc1N1C(=S)N[C@@H](c2ccccn2)[C@H]1c1ccc(C)[nH]1. The first-order chi connectivity index (χ1) is 12.7. The molecule has 0 amide bonds. The van der Waals surface area contributed by atoms with Crippen LogP contribution in [0.5, 0.6) is 5.75 Å². The molecule has 1 aliphatic heterocycles. The molecule has 2 N–H and O–H groups in total. The minimum absolute atomic E-state index is 0.0533. The third kappa shape index (κ3) is 2.82. The van der Waals surface area contributed by atoms with Crippen molar-refractivity contribution in [3.8, 4) is 5.75 Å². The molecule has 0 aliphatic carbocycles. The molecular formula is C20H20N4OS. The summed E-state index contributed by atoms with van der Waals surface area (Å²) in [5, 5.41) is 4.10. The maximum Gasteiger partial charge on any atom is 0.174 e. The van der Waals surface area contributed by atoms with Gasteiger partial charge in [-0.2, -0.15) is 0 Å². The van der Waals surface area contributed by atoms with E-state index < -0.39 is 0 Å². The number of methoxy groups -OCH3 is 1. The summed E-state index contributed by atoms with van der Waals surface area (Å²) in [5.41, 5.74) is 4.07. The lowest BCUT2D eigenvalue weighted by Crippen LogP contribution is -2.29. The summed E-state index contributed by atoms with van der Waals surface area (Å²) in [7, 11) is 1.68. The molecule has 5 nitrogen and oxygen atoms in total. The molecule has 0 spiro atoms. The zero-order valence-corrected chi connectivity index (χ0v) is 15.5. The molecule has 0 saturated carbocycles. The van der Waals surface area contributed by atoms with Crippen molar-refractivity contribution in [2.45, 2.75) is 19.0 Å². The number of hydrogen-bond acceptors (Lipinski definition) is 3. The topological polar surface area (TPSA) is 53.2 Å². The van der Waals surface area contributed by atoms with Crippen molar-refractivity contribution >= 4 is 23.0 Å². The average molecular weight is 364 g/mol. The summed E-state index contributed by atoms with van der Waals surface area (Å²) in [6, 6.07) is 17.9. The van der Waals surface area contributed by atoms with Crippen molar-refractivity contribution in [2.24, 2.45) is 0 Å². The predicted octanol–water partition coefficient (Wildman–Crippen LogP) is 3.90. The molecule has 1 aliphatic rings. The van der Waals surface area contributed by atoms with E-state index in [2.05, 4.69) is 32.3 Å². The molecule has 3 heterocycles. The quantitative estimate of drug-likeness (QED) is 0.688. The maximum atomic E-state index is 5.71. The number of benzene rings is 1. The van der Waals surface area contributed by atoms with E-state index in [9.17, 15) is 0 Å². The van der Waals surface area contributed by atoms with Gasteiger partial charge >= 0.3 is 0 Å². The Morgan fingerprint density at radius 2 is 1.88 bits per heavy atom. The minimum atomic E-state index is -0.0633. The number of nitrogens with zero attached hydrogens (tertiary/aromatic N) is 2. The number of aromatic nitrogens is 2.